The first-order chi connectivity index (χ1) is 20.4. The number of ether oxygens (including phenoxy) is 1. The van der Waals surface area contributed by atoms with Crippen molar-refractivity contribution in [3.63, 3.8) is 0 Å². The number of aromatic amines is 1. The molecule has 0 saturated heterocycles. The van der Waals surface area contributed by atoms with E-state index in [-0.39, 0.29) is 5.41 Å². The number of pyridine rings is 2. The van der Waals surface area contributed by atoms with Gasteiger partial charge in [0.05, 0.1) is 28.1 Å². The van der Waals surface area contributed by atoms with Gasteiger partial charge in [0.25, 0.3) is 0 Å². The Morgan fingerprint density at radius 2 is 1.21 bits per heavy atom. The third-order valence-corrected chi connectivity index (χ3v) is 8.18. The third kappa shape index (κ3) is 4.07. The lowest BCUT2D eigenvalue weighted by molar-refractivity contribution is 0.459. The third-order valence-electron chi connectivity index (χ3n) is 8.18. The second-order valence-electron chi connectivity index (χ2n) is 12.0. The van der Waals surface area contributed by atoms with Crippen LogP contribution in [0.2, 0.25) is 0 Å². The van der Waals surface area contributed by atoms with Gasteiger partial charge in [-0.2, -0.15) is 0 Å². The van der Waals surface area contributed by atoms with Crippen LogP contribution in [0.3, 0.4) is 0 Å². The van der Waals surface area contributed by atoms with Crippen molar-refractivity contribution in [1.29, 1.82) is 0 Å². The summed E-state index contributed by atoms with van der Waals surface area (Å²) < 4.78 is 6.50. The summed E-state index contributed by atoms with van der Waals surface area (Å²) in [6, 6.07) is 40.2. The number of H-pyrrole nitrogens is 1. The number of benzene rings is 4. The van der Waals surface area contributed by atoms with E-state index in [1.807, 2.05) is 18.2 Å². The molecular weight excluding hydrogens is 514 g/mol. The molecule has 0 atom stereocenters. The van der Waals surface area contributed by atoms with Crippen molar-refractivity contribution >= 4 is 21.8 Å². The maximum atomic E-state index is 6.50. The summed E-state index contributed by atoms with van der Waals surface area (Å²) in [5.74, 6) is 1.30. The number of hydrogen-bond donors (Lipinski definition) is 1. The highest BCUT2D eigenvalue weighted by atomic mass is 16.5. The van der Waals surface area contributed by atoms with Gasteiger partial charge < -0.3 is 9.72 Å². The van der Waals surface area contributed by atoms with Gasteiger partial charge in [-0.05, 0) is 58.0 Å². The Morgan fingerprint density at radius 3 is 2.00 bits per heavy atom. The number of rotatable bonds is 1. The van der Waals surface area contributed by atoms with Crippen LogP contribution in [0, 0.1) is 0 Å². The Morgan fingerprint density at radius 1 is 0.548 bits per heavy atom. The molecule has 4 nitrogen and oxygen atoms in total. The summed E-state index contributed by atoms with van der Waals surface area (Å²) in [5, 5.41) is 2.36. The molecule has 7 aromatic rings. The van der Waals surface area contributed by atoms with Crippen LogP contribution in [-0.4, -0.2) is 15.0 Å². The summed E-state index contributed by atoms with van der Waals surface area (Å²) in [6.07, 6.45) is 0. The number of aromatic nitrogens is 3. The lowest BCUT2D eigenvalue weighted by Gasteiger charge is -2.21. The van der Waals surface area contributed by atoms with E-state index in [4.69, 9.17) is 14.7 Å². The molecule has 4 heteroatoms. The quantitative estimate of drug-likeness (QED) is 0.224. The zero-order valence-electron chi connectivity index (χ0n) is 23.8. The number of nitrogens with one attached hydrogen (secondary N) is 1. The van der Waals surface area contributed by atoms with Gasteiger partial charge in [0.15, 0.2) is 0 Å². The first-order valence-corrected chi connectivity index (χ1v) is 14.3. The zero-order valence-corrected chi connectivity index (χ0v) is 23.8. The van der Waals surface area contributed by atoms with Crippen LogP contribution in [0.25, 0.3) is 66.7 Å². The molecule has 0 radical (unpaired) electrons. The van der Waals surface area contributed by atoms with Crippen molar-refractivity contribution < 1.29 is 4.74 Å². The highest BCUT2D eigenvalue weighted by Crippen LogP contribution is 2.40. The Labute approximate surface area is 244 Å². The molecule has 4 aromatic carbocycles. The minimum Gasteiger partial charge on any atom is -0.439 e. The van der Waals surface area contributed by atoms with Crippen molar-refractivity contribution in [2.24, 2.45) is 0 Å². The van der Waals surface area contributed by atoms with Crippen molar-refractivity contribution in [3.05, 3.63) is 121 Å². The second-order valence-corrected chi connectivity index (χ2v) is 12.0. The Bertz CT molecular complexity index is 2150. The van der Waals surface area contributed by atoms with Gasteiger partial charge in [0.1, 0.15) is 5.75 Å². The number of hydrogen-bond acceptors (Lipinski definition) is 3. The van der Waals surface area contributed by atoms with Crippen LogP contribution in [0.15, 0.2) is 115 Å². The van der Waals surface area contributed by atoms with Crippen LogP contribution in [0.4, 0.5) is 0 Å². The number of para-hydroxylation sites is 2. The van der Waals surface area contributed by atoms with Crippen LogP contribution < -0.4 is 4.74 Å². The van der Waals surface area contributed by atoms with Crippen molar-refractivity contribution in [2.45, 2.75) is 26.2 Å². The average Bonchev–Trinajstić information content (AvgIpc) is 3.40. The average molecular weight is 544 g/mol. The molecular formula is C38H29N3O. The van der Waals surface area contributed by atoms with Crippen molar-refractivity contribution in [1.82, 2.24) is 15.0 Å². The van der Waals surface area contributed by atoms with E-state index in [1.165, 1.54) is 10.8 Å². The molecule has 0 aliphatic carbocycles. The molecule has 0 fully saturated rings. The normalized spacial score (nSPS) is 12.4. The topological polar surface area (TPSA) is 50.8 Å². The lowest BCUT2D eigenvalue weighted by atomic mass is 9.87. The predicted octanol–water partition coefficient (Wildman–Crippen LogP) is 10.2. The highest BCUT2D eigenvalue weighted by molar-refractivity contribution is 6.15. The molecule has 4 heterocycles. The molecule has 0 spiro atoms. The summed E-state index contributed by atoms with van der Waals surface area (Å²) in [6.45, 7) is 6.63. The lowest BCUT2D eigenvalue weighted by Crippen LogP contribution is -2.12. The van der Waals surface area contributed by atoms with Gasteiger partial charge in [-0.1, -0.05) is 99.6 Å². The fourth-order valence-corrected chi connectivity index (χ4v) is 5.97. The van der Waals surface area contributed by atoms with Crippen molar-refractivity contribution in [2.75, 3.05) is 0 Å². The predicted molar refractivity (Wildman–Crippen MR) is 172 cm³/mol. The van der Waals surface area contributed by atoms with Gasteiger partial charge in [-0.3, -0.25) is 0 Å². The van der Waals surface area contributed by atoms with E-state index in [2.05, 4.69) is 123 Å². The molecule has 0 amide bonds. The molecule has 8 rings (SSSR count). The van der Waals surface area contributed by atoms with Crippen molar-refractivity contribution in [3.8, 4) is 56.5 Å². The molecule has 1 aliphatic rings. The van der Waals surface area contributed by atoms with E-state index in [1.54, 1.807) is 0 Å². The Hall–Kier alpha value is -5.22. The Balaban J connectivity index is 1.51. The van der Waals surface area contributed by atoms with E-state index in [0.29, 0.717) is 5.88 Å². The molecule has 0 saturated carbocycles. The van der Waals surface area contributed by atoms with Crippen LogP contribution in [-0.2, 0) is 5.41 Å². The molecule has 0 unspecified atom stereocenters. The number of nitrogens with zero attached hydrogens (tertiary/aromatic N) is 2. The minimum atomic E-state index is -0.109. The second kappa shape index (κ2) is 9.15. The molecule has 42 heavy (non-hydrogen) atoms. The molecule has 3 aromatic heterocycles. The van der Waals surface area contributed by atoms with E-state index >= 15 is 0 Å². The Kier molecular flexibility index (Phi) is 5.35. The fourth-order valence-electron chi connectivity index (χ4n) is 5.97. The molecule has 8 bridgehead atoms. The summed E-state index contributed by atoms with van der Waals surface area (Å²) in [5.41, 5.74) is 11.2. The summed E-state index contributed by atoms with van der Waals surface area (Å²) >= 11 is 0. The van der Waals surface area contributed by atoms with Gasteiger partial charge in [0, 0.05) is 28.0 Å². The van der Waals surface area contributed by atoms with E-state index in [9.17, 15) is 0 Å². The largest absolute Gasteiger partial charge is 0.439 e. The smallest absolute Gasteiger partial charge is 0.220 e. The molecule has 1 N–H and O–H groups in total. The SMILES string of the molecule is CC(C)(C)c1cc2nc(c1)-c1cc(-c3ccccc3)cc(n1)-c1cccc3c1[nH]c1c(cccc13)-c1cccc(c1)O2. The highest BCUT2D eigenvalue weighted by Gasteiger charge is 2.21. The first-order valence-electron chi connectivity index (χ1n) is 14.3. The fraction of sp³-hybridized carbons (Fsp3) is 0.105. The molecule has 1 aliphatic heterocycles. The zero-order chi connectivity index (χ0) is 28.4. The van der Waals surface area contributed by atoms with Crippen LogP contribution >= 0.6 is 0 Å². The maximum Gasteiger partial charge on any atom is 0.220 e. The standard InChI is InChI=1S/C38H29N3O/c1-38(2,3)26-21-34-33-20-25(23-10-5-4-6-11-23)19-32(39-33)31-17-9-16-30-29-15-8-14-28(36(29)41-37(30)31)24-12-7-13-27(18-24)42-35(22-26)40-34/h4-22,41H,1-3H3. The minimum absolute atomic E-state index is 0.109. The summed E-state index contributed by atoms with van der Waals surface area (Å²) in [7, 11) is 0. The van der Waals surface area contributed by atoms with Crippen LogP contribution in [0.1, 0.15) is 26.3 Å². The van der Waals surface area contributed by atoms with Crippen LogP contribution in [0.5, 0.6) is 11.6 Å². The monoisotopic (exact) mass is 543 g/mol. The maximum absolute atomic E-state index is 6.50. The van der Waals surface area contributed by atoms with E-state index in [0.717, 1.165) is 67.2 Å². The van der Waals surface area contributed by atoms with Gasteiger partial charge in [0.2, 0.25) is 5.88 Å². The van der Waals surface area contributed by atoms with Gasteiger partial charge in [-0.15, -0.1) is 0 Å². The first kappa shape index (κ1) is 24.6. The van der Waals surface area contributed by atoms with E-state index < -0.39 is 0 Å². The number of fused-ring (bicyclic) bond motifs is 10. The molecule has 202 valence electrons. The van der Waals surface area contributed by atoms with Gasteiger partial charge >= 0.3 is 0 Å². The van der Waals surface area contributed by atoms with Gasteiger partial charge in [-0.25, -0.2) is 9.97 Å². The summed E-state index contributed by atoms with van der Waals surface area (Å²) in [4.78, 5) is 14.1.